The first-order chi connectivity index (χ1) is 8.77. The van der Waals surface area contributed by atoms with E-state index in [4.69, 9.17) is 4.74 Å². The van der Waals surface area contributed by atoms with Crippen molar-refractivity contribution in [3.8, 4) is 0 Å². The molecule has 0 atom stereocenters. The molecule has 0 saturated heterocycles. The summed E-state index contributed by atoms with van der Waals surface area (Å²) >= 11 is 0. The number of anilines is 1. The van der Waals surface area contributed by atoms with Gasteiger partial charge in [0.2, 0.25) is 0 Å². The molecule has 4 heteroatoms. The van der Waals surface area contributed by atoms with Crippen LogP contribution in [0.15, 0.2) is 24.3 Å². The molecular formula is C14H23FN2O. The third kappa shape index (κ3) is 5.47. The number of nitrogens with one attached hydrogen (secondary N) is 1. The molecule has 3 nitrogen and oxygen atoms in total. The minimum atomic E-state index is -0.199. The van der Waals surface area contributed by atoms with Crippen LogP contribution in [0.2, 0.25) is 0 Å². The van der Waals surface area contributed by atoms with Crippen LogP contribution in [0.1, 0.15) is 13.8 Å². The Morgan fingerprint density at radius 1 is 1.22 bits per heavy atom. The van der Waals surface area contributed by atoms with E-state index >= 15 is 0 Å². The molecule has 1 aromatic rings. The van der Waals surface area contributed by atoms with Gasteiger partial charge in [0, 0.05) is 26.2 Å². The molecular weight excluding hydrogens is 231 g/mol. The second-order valence-corrected chi connectivity index (χ2v) is 4.04. The van der Waals surface area contributed by atoms with Gasteiger partial charge in [0.15, 0.2) is 0 Å². The monoisotopic (exact) mass is 254 g/mol. The Morgan fingerprint density at radius 3 is 2.67 bits per heavy atom. The van der Waals surface area contributed by atoms with Crippen molar-refractivity contribution in [3.05, 3.63) is 30.1 Å². The Labute approximate surface area is 109 Å². The molecule has 0 aliphatic carbocycles. The van der Waals surface area contributed by atoms with E-state index in [0.29, 0.717) is 5.69 Å². The maximum Gasteiger partial charge on any atom is 0.146 e. The smallest absolute Gasteiger partial charge is 0.146 e. The Balaban J connectivity index is 2.24. The molecule has 1 rings (SSSR count). The van der Waals surface area contributed by atoms with Gasteiger partial charge in [0.05, 0.1) is 12.3 Å². The van der Waals surface area contributed by atoms with Gasteiger partial charge in [0.1, 0.15) is 5.82 Å². The Hall–Kier alpha value is -1.13. The van der Waals surface area contributed by atoms with Gasteiger partial charge >= 0.3 is 0 Å². The van der Waals surface area contributed by atoms with E-state index in [0.717, 1.165) is 39.4 Å². The summed E-state index contributed by atoms with van der Waals surface area (Å²) in [6.07, 6.45) is 0. The van der Waals surface area contributed by atoms with Crippen molar-refractivity contribution in [1.82, 2.24) is 4.90 Å². The highest BCUT2D eigenvalue weighted by molar-refractivity contribution is 5.44. The van der Waals surface area contributed by atoms with E-state index in [2.05, 4.69) is 17.1 Å². The number of hydrogen-bond donors (Lipinski definition) is 1. The molecule has 0 aliphatic rings. The van der Waals surface area contributed by atoms with E-state index < -0.39 is 0 Å². The summed E-state index contributed by atoms with van der Waals surface area (Å²) in [5.41, 5.74) is 0.568. The van der Waals surface area contributed by atoms with Gasteiger partial charge in [-0.1, -0.05) is 19.1 Å². The maximum atomic E-state index is 13.3. The van der Waals surface area contributed by atoms with Crippen LogP contribution in [0.5, 0.6) is 0 Å². The van der Waals surface area contributed by atoms with E-state index in [1.807, 2.05) is 13.0 Å². The van der Waals surface area contributed by atoms with Crippen molar-refractivity contribution in [2.75, 3.05) is 44.7 Å². The van der Waals surface area contributed by atoms with Crippen LogP contribution in [0.3, 0.4) is 0 Å². The van der Waals surface area contributed by atoms with Gasteiger partial charge in [-0.05, 0) is 25.6 Å². The van der Waals surface area contributed by atoms with Crippen molar-refractivity contribution in [3.63, 3.8) is 0 Å². The van der Waals surface area contributed by atoms with Crippen LogP contribution in [0, 0.1) is 5.82 Å². The first-order valence-electron chi connectivity index (χ1n) is 6.56. The van der Waals surface area contributed by atoms with Crippen LogP contribution >= 0.6 is 0 Å². The fourth-order valence-corrected chi connectivity index (χ4v) is 1.72. The summed E-state index contributed by atoms with van der Waals surface area (Å²) < 4.78 is 18.7. The second kappa shape index (κ2) is 8.89. The molecule has 0 bridgehead atoms. The van der Waals surface area contributed by atoms with E-state index in [1.165, 1.54) is 6.07 Å². The third-order valence-corrected chi connectivity index (χ3v) is 2.82. The Bertz CT molecular complexity index is 333. The zero-order valence-corrected chi connectivity index (χ0v) is 11.3. The number of ether oxygens (including phenoxy) is 1. The van der Waals surface area contributed by atoms with Gasteiger partial charge in [-0.15, -0.1) is 0 Å². The minimum absolute atomic E-state index is 0.199. The lowest BCUT2D eigenvalue weighted by atomic mass is 10.3. The number of likely N-dealkylation sites (N-methyl/N-ethyl adjacent to an activating group) is 1. The molecule has 0 aromatic heterocycles. The number of benzene rings is 1. The number of para-hydroxylation sites is 1. The SMILES string of the molecule is CCOCCN(CC)CCNc1ccccc1F. The molecule has 0 amide bonds. The van der Waals surface area contributed by atoms with E-state index in [9.17, 15) is 4.39 Å². The zero-order valence-electron chi connectivity index (χ0n) is 11.3. The molecule has 0 heterocycles. The van der Waals surface area contributed by atoms with Gasteiger partial charge in [-0.25, -0.2) is 4.39 Å². The predicted octanol–water partition coefficient (Wildman–Crippen LogP) is 2.60. The number of rotatable bonds is 9. The molecule has 0 spiro atoms. The molecule has 1 N–H and O–H groups in total. The lowest BCUT2D eigenvalue weighted by molar-refractivity contribution is 0.117. The molecule has 1 aromatic carbocycles. The lowest BCUT2D eigenvalue weighted by Crippen LogP contribution is -2.32. The zero-order chi connectivity index (χ0) is 13.2. The Morgan fingerprint density at radius 2 is 2.00 bits per heavy atom. The summed E-state index contributed by atoms with van der Waals surface area (Å²) in [5.74, 6) is -0.199. The largest absolute Gasteiger partial charge is 0.381 e. The van der Waals surface area contributed by atoms with E-state index in [1.54, 1.807) is 12.1 Å². The lowest BCUT2D eigenvalue weighted by Gasteiger charge is -2.20. The predicted molar refractivity (Wildman–Crippen MR) is 73.5 cm³/mol. The average Bonchev–Trinajstić information content (AvgIpc) is 2.39. The highest BCUT2D eigenvalue weighted by Crippen LogP contribution is 2.11. The summed E-state index contributed by atoms with van der Waals surface area (Å²) in [4.78, 5) is 2.28. The highest BCUT2D eigenvalue weighted by Gasteiger charge is 2.03. The Kier molecular flexibility index (Phi) is 7.37. The molecule has 18 heavy (non-hydrogen) atoms. The molecule has 0 aliphatic heterocycles. The van der Waals surface area contributed by atoms with Gasteiger partial charge in [0.25, 0.3) is 0 Å². The number of hydrogen-bond acceptors (Lipinski definition) is 3. The highest BCUT2D eigenvalue weighted by atomic mass is 19.1. The molecule has 0 unspecified atom stereocenters. The fraction of sp³-hybridized carbons (Fsp3) is 0.571. The number of nitrogens with zero attached hydrogens (tertiary/aromatic N) is 1. The quantitative estimate of drug-likeness (QED) is 0.686. The normalized spacial score (nSPS) is 10.9. The average molecular weight is 254 g/mol. The van der Waals surface area contributed by atoms with Gasteiger partial charge in [-0.2, -0.15) is 0 Å². The van der Waals surface area contributed by atoms with Gasteiger partial charge < -0.3 is 10.1 Å². The van der Waals surface area contributed by atoms with Crippen LogP contribution in [0.4, 0.5) is 10.1 Å². The number of halogens is 1. The van der Waals surface area contributed by atoms with Crippen LogP contribution in [-0.4, -0.2) is 44.3 Å². The molecule has 0 saturated carbocycles. The van der Waals surface area contributed by atoms with Gasteiger partial charge in [-0.3, -0.25) is 4.90 Å². The molecule has 0 radical (unpaired) electrons. The van der Waals surface area contributed by atoms with Crippen molar-refractivity contribution in [2.45, 2.75) is 13.8 Å². The van der Waals surface area contributed by atoms with Crippen LogP contribution in [0.25, 0.3) is 0 Å². The first kappa shape index (κ1) is 14.9. The third-order valence-electron chi connectivity index (χ3n) is 2.82. The summed E-state index contributed by atoms with van der Waals surface area (Å²) in [5, 5.41) is 3.11. The summed E-state index contributed by atoms with van der Waals surface area (Å²) in [7, 11) is 0. The maximum absolute atomic E-state index is 13.3. The minimum Gasteiger partial charge on any atom is -0.381 e. The van der Waals surface area contributed by atoms with Crippen molar-refractivity contribution in [2.24, 2.45) is 0 Å². The standard InChI is InChI=1S/C14H23FN2O/c1-3-17(11-12-18-4-2)10-9-16-14-8-6-5-7-13(14)15/h5-8,16H,3-4,9-12H2,1-2H3. The molecule has 102 valence electrons. The molecule has 0 fully saturated rings. The van der Waals surface area contributed by atoms with Crippen molar-refractivity contribution < 1.29 is 9.13 Å². The van der Waals surface area contributed by atoms with Crippen molar-refractivity contribution >= 4 is 5.69 Å². The van der Waals surface area contributed by atoms with Crippen molar-refractivity contribution in [1.29, 1.82) is 0 Å². The van der Waals surface area contributed by atoms with E-state index in [-0.39, 0.29) is 5.82 Å². The summed E-state index contributed by atoms with van der Waals surface area (Å²) in [6, 6.07) is 6.75. The first-order valence-corrected chi connectivity index (χ1v) is 6.56. The van der Waals surface area contributed by atoms with Crippen LogP contribution < -0.4 is 5.32 Å². The van der Waals surface area contributed by atoms with Crippen LogP contribution in [-0.2, 0) is 4.74 Å². The fourth-order valence-electron chi connectivity index (χ4n) is 1.72. The topological polar surface area (TPSA) is 24.5 Å². The second-order valence-electron chi connectivity index (χ2n) is 4.04. The summed E-state index contributed by atoms with van der Waals surface area (Å²) in [6.45, 7) is 9.15.